The zero-order valence-electron chi connectivity index (χ0n) is 12.2. The van der Waals surface area contributed by atoms with Crippen molar-refractivity contribution in [1.82, 2.24) is 14.5 Å². The Kier molecular flexibility index (Phi) is 3.13. The third kappa shape index (κ3) is 2.06. The fourth-order valence-corrected chi connectivity index (χ4v) is 3.17. The maximum atomic E-state index is 12.2. The quantitative estimate of drug-likeness (QED) is 0.894. The molecule has 1 aromatic carbocycles. The summed E-state index contributed by atoms with van der Waals surface area (Å²) in [5.74, 6) is -1.01. The number of carboxylic acid groups (broad SMARTS) is 1. The van der Waals surface area contributed by atoms with E-state index in [4.69, 9.17) is 0 Å². The van der Waals surface area contributed by atoms with Gasteiger partial charge in [-0.05, 0) is 45.5 Å². The first-order valence-electron chi connectivity index (χ1n) is 7.07. The van der Waals surface area contributed by atoms with Crippen LogP contribution in [0.25, 0.3) is 11.0 Å². The number of aromatic nitrogens is 2. The van der Waals surface area contributed by atoms with Crippen molar-refractivity contribution in [1.29, 1.82) is 0 Å². The number of para-hydroxylation sites is 1. The van der Waals surface area contributed by atoms with Gasteiger partial charge in [-0.3, -0.25) is 4.57 Å². The number of aromatic amines is 1. The molecule has 0 unspecified atom stereocenters. The smallest absolute Gasteiger partial charge is 0.337 e. The van der Waals surface area contributed by atoms with Gasteiger partial charge in [-0.25, -0.2) is 9.59 Å². The first kappa shape index (κ1) is 13.9. The van der Waals surface area contributed by atoms with Gasteiger partial charge in [-0.2, -0.15) is 0 Å². The van der Waals surface area contributed by atoms with Crippen LogP contribution in [-0.4, -0.2) is 45.2 Å². The van der Waals surface area contributed by atoms with E-state index >= 15 is 0 Å². The summed E-state index contributed by atoms with van der Waals surface area (Å²) in [6.45, 7) is 0.517. The highest BCUT2D eigenvalue weighted by Gasteiger charge is 2.40. The highest BCUT2D eigenvalue weighted by atomic mass is 16.4. The predicted molar refractivity (Wildman–Crippen MR) is 79.8 cm³/mol. The van der Waals surface area contributed by atoms with E-state index in [2.05, 4.69) is 9.88 Å². The summed E-state index contributed by atoms with van der Waals surface area (Å²) >= 11 is 0. The molecule has 2 aromatic rings. The van der Waals surface area contributed by atoms with Crippen LogP contribution >= 0.6 is 0 Å². The summed E-state index contributed by atoms with van der Waals surface area (Å²) < 4.78 is 1.58. The molecule has 0 atom stereocenters. The molecular weight excluding hydrogens is 270 g/mol. The zero-order valence-corrected chi connectivity index (χ0v) is 12.2. The first-order valence-corrected chi connectivity index (χ1v) is 7.07. The number of nitrogens with zero attached hydrogens (tertiary/aromatic N) is 2. The van der Waals surface area contributed by atoms with Gasteiger partial charge in [0.15, 0.2) is 0 Å². The third-order valence-corrected chi connectivity index (χ3v) is 4.71. The molecule has 6 heteroatoms. The van der Waals surface area contributed by atoms with Crippen molar-refractivity contribution in [3.8, 4) is 0 Å². The average Bonchev–Trinajstić information content (AvgIpc) is 2.68. The monoisotopic (exact) mass is 289 g/mol. The Bertz CT molecular complexity index is 753. The molecular formula is C15H19N3O3. The number of likely N-dealkylation sites (N-methyl/N-ethyl adjacent to an activating group) is 1. The van der Waals surface area contributed by atoms with Gasteiger partial charge >= 0.3 is 11.7 Å². The van der Waals surface area contributed by atoms with E-state index in [0.29, 0.717) is 17.6 Å². The Morgan fingerprint density at radius 2 is 2.14 bits per heavy atom. The molecule has 6 nitrogen and oxygen atoms in total. The molecule has 1 heterocycles. The maximum absolute atomic E-state index is 12.2. The Morgan fingerprint density at radius 1 is 1.43 bits per heavy atom. The number of imidazole rings is 1. The summed E-state index contributed by atoms with van der Waals surface area (Å²) in [5, 5.41) is 9.36. The minimum Gasteiger partial charge on any atom is -0.478 e. The number of rotatable bonds is 4. The SMILES string of the molecule is CN(C)C1(Cn2c(=O)[nH]c3cccc(C(=O)O)c32)CCC1. The van der Waals surface area contributed by atoms with Crippen molar-refractivity contribution in [3.05, 3.63) is 34.2 Å². The summed E-state index contributed by atoms with van der Waals surface area (Å²) in [7, 11) is 4.02. The van der Waals surface area contributed by atoms with Crippen LogP contribution in [-0.2, 0) is 6.54 Å². The second kappa shape index (κ2) is 4.73. The molecule has 2 N–H and O–H groups in total. The molecule has 21 heavy (non-hydrogen) atoms. The van der Waals surface area contributed by atoms with Crippen LogP contribution in [0, 0.1) is 0 Å². The van der Waals surface area contributed by atoms with E-state index in [0.717, 1.165) is 19.3 Å². The lowest BCUT2D eigenvalue weighted by Crippen LogP contribution is -2.54. The molecule has 0 bridgehead atoms. The van der Waals surface area contributed by atoms with Gasteiger partial charge < -0.3 is 15.0 Å². The second-order valence-electron chi connectivity index (χ2n) is 6.00. The normalized spacial score (nSPS) is 17.1. The topological polar surface area (TPSA) is 78.3 Å². The first-order chi connectivity index (χ1) is 9.94. The number of hydrogen-bond donors (Lipinski definition) is 2. The van der Waals surface area contributed by atoms with E-state index < -0.39 is 5.97 Å². The van der Waals surface area contributed by atoms with Crippen LogP contribution in [0.3, 0.4) is 0 Å². The summed E-state index contributed by atoms with van der Waals surface area (Å²) in [6, 6.07) is 4.93. The lowest BCUT2D eigenvalue weighted by atomic mass is 9.75. The lowest BCUT2D eigenvalue weighted by molar-refractivity contribution is 0.0425. The van der Waals surface area contributed by atoms with E-state index in [9.17, 15) is 14.7 Å². The molecule has 1 aliphatic rings. The fraction of sp³-hybridized carbons (Fsp3) is 0.467. The molecule has 0 spiro atoms. The number of fused-ring (bicyclic) bond motifs is 1. The van der Waals surface area contributed by atoms with Gasteiger partial charge in [0.25, 0.3) is 0 Å². The minimum absolute atomic E-state index is 0.0510. The minimum atomic E-state index is -1.01. The lowest BCUT2D eigenvalue weighted by Gasteiger charge is -2.47. The molecule has 1 fully saturated rings. The highest BCUT2D eigenvalue weighted by molar-refractivity contribution is 6.01. The van der Waals surface area contributed by atoms with Crippen molar-refractivity contribution in [2.75, 3.05) is 14.1 Å². The Balaban J connectivity index is 2.16. The van der Waals surface area contributed by atoms with Gasteiger partial charge in [0.1, 0.15) is 0 Å². The van der Waals surface area contributed by atoms with Crippen LogP contribution in [0.4, 0.5) is 0 Å². The maximum Gasteiger partial charge on any atom is 0.337 e. The molecule has 112 valence electrons. The van der Waals surface area contributed by atoms with Gasteiger partial charge in [0.2, 0.25) is 0 Å². The van der Waals surface area contributed by atoms with Crippen molar-refractivity contribution in [3.63, 3.8) is 0 Å². The standard InChI is InChI=1S/C15H19N3O3/c1-17(2)15(7-4-8-15)9-18-12-10(13(19)20)5-3-6-11(12)16-14(18)21/h3,5-6H,4,7-9H2,1-2H3,(H,16,21)(H,19,20). The molecule has 1 aliphatic carbocycles. The predicted octanol–water partition coefficient (Wildman–Crippen LogP) is 1.51. The highest BCUT2D eigenvalue weighted by Crippen LogP contribution is 2.38. The molecule has 0 aliphatic heterocycles. The van der Waals surface area contributed by atoms with E-state index in [1.165, 1.54) is 6.07 Å². The van der Waals surface area contributed by atoms with E-state index in [1.54, 1.807) is 16.7 Å². The number of aromatic carboxylic acids is 1. The number of carbonyl (C=O) groups is 1. The molecule has 0 radical (unpaired) electrons. The van der Waals surface area contributed by atoms with Crippen molar-refractivity contribution >= 4 is 17.0 Å². The summed E-state index contributed by atoms with van der Waals surface area (Å²) in [4.78, 5) is 28.6. The van der Waals surface area contributed by atoms with Crippen LogP contribution in [0.1, 0.15) is 29.6 Å². The van der Waals surface area contributed by atoms with Crippen molar-refractivity contribution in [2.24, 2.45) is 0 Å². The molecule has 0 amide bonds. The van der Waals surface area contributed by atoms with Crippen molar-refractivity contribution in [2.45, 2.75) is 31.3 Å². The largest absolute Gasteiger partial charge is 0.478 e. The number of hydrogen-bond acceptors (Lipinski definition) is 3. The number of carboxylic acids is 1. The number of benzene rings is 1. The Morgan fingerprint density at radius 3 is 2.67 bits per heavy atom. The van der Waals surface area contributed by atoms with Gasteiger partial charge in [0, 0.05) is 12.1 Å². The second-order valence-corrected chi connectivity index (χ2v) is 6.00. The van der Waals surface area contributed by atoms with Gasteiger partial charge in [-0.1, -0.05) is 6.07 Å². The average molecular weight is 289 g/mol. The summed E-state index contributed by atoms with van der Waals surface area (Å²) in [6.07, 6.45) is 3.18. The number of H-pyrrole nitrogens is 1. The molecule has 1 saturated carbocycles. The molecule has 1 aromatic heterocycles. The van der Waals surface area contributed by atoms with Crippen LogP contribution in [0.2, 0.25) is 0 Å². The molecule has 3 rings (SSSR count). The Hall–Kier alpha value is -2.08. The van der Waals surface area contributed by atoms with E-state index in [-0.39, 0.29) is 16.8 Å². The molecule has 0 saturated heterocycles. The zero-order chi connectivity index (χ0) is 15.2. The Labute approximate surface area is 122 Å². The van der Waals surface area contributed by atoms with Gasteiger partial charge in [0.05, 0.1) is 16.6 Å². The van der Waals surface area contributed by atoms with Crippen LogP contribution in [0.15, 0.2) is 23.0 Å². The number of nitrogens with one attached hydrogen (secondary N) is 1. The fourth-order valence-electron chi connectivity index (χ4n) is 3.17. The van der Waals surface area contributed by atoms with Gasteiger partial charge in [-0.15, -0.1) is 0 Å². The van der Waals surface area contributed by atoms with Crippen LogP contribution in [0.5, 0.6) is 0 Å². The van der Waals surface area contributed by atoms with Crippen LogP contribution < -0.4 is 5.69 Å². The van der Waals surface area contributed by atoms with E-state index in [1.807, 2.05) is 14.1 Å². The third-order valence-electron chi connectivity index (χ3n) is 4.71. The summed E-state index contributed by atoms with van der Waals surface area (Å²) in [5.41, 5.74) is 0.937. The van der Waals surface area contributed by atoms with Crippen molar-refractivity contribution < 1.29 is 9.90 Å².